The van der Waals surface area contributed by atoms with E-state index in [0.717, 1.165) is 18.3 Å². The Morgan fingerprint density at radius 3 is 2.48 bits per heavy atom. The fraction of sp³-hybridized carbons (Fsp3) is 0.316. The molecule has 136 valence electrons. The first-order valence-electron chi connectivity index (χ1n) is 8.07. The van der Waals surface area contributed by atoms with Gasteiger partial charge in [-0.05, 0) is 29.8 Å². The average molecular weight is 454 g/mol. The molecule has 0 aromatic heterocycles. The van der Waals surface area contributed by atoms with E-state index >= 15 is 0 Å². The molecule has 0 heterocycles. The first kappa shape index (κ1) is 21.1. The van der Waals surface area contributed by atoms with Crippen molar-refractivity contribution in [1.29, 1.82) is 0 Å². The topological polar surface area (TPSA) is 48.9 Å². The van der Waals surface area contributed by atoms with Crippen molar-refractivity contribution in [2.45, 2.75) is 6.54 Å². The number of guanidine groups is 1. The van der Waals surface area contributed by atoms with Crippen LogP contribution in [0, 0.1) is 0 Å². The first-order chi connectivity index (χ1) is 11.7. The fourth-order valence-electron chi connectivity index (χ4n) is 2.21. The Labute approximate surface area is 167 Å². The number of ether oxygens (including phenoxy) is 1. The lowest BCUT2D eigenvalue weighted by atomic mass is 10.2. The Hall–Kier alpha value is -1.96. The van der Waals surface area contributed by atoms with Crippen LogP contribution in [0.3, 0.4) is 0 Å². The minimum Gasteiger partial charge on any atom is -0.492 e. The Balaban J connectivity index is 0.00000312. The molecule has 0 saturated heterocycles. The average Bonchev–Trinajstić information content (AvgIpc) is 2.62. The molecule has 25 heavy (non-hydrogen) atoms. The van der Waals surface area contributed by atoms with Crippen LogP contribution in [-0.2, 0) is 6.54 Å². The van der Waals surface area contributed by atoms with E-state index in [1.54, 1.807) is 7.05 Å². The third-order valence-electron chi connectivity index (χ3n) is 3.52. The molecule has 2 aromatic carbocycles. The number of nitrogens with one attached hydrogen (secondary N) is 2. The zero-order valence-electron chi connectivity index (χ0n) is 15.0. The molecule has 0 unspecified atom stereocenters. The smallest absolute Gasteiger partial charge is 0.191 e. The molecule has 2 N–H and O–H groups in total. The predicted octanol–water partition coefficient (Wildman–Crippen LogP) is 3.11. The van der Waals surface area contributed by atoms with Gasteiger partial charge in [-0.1, -0.05) is 30.3 Å². The second-order valence-electron chi connectivity index (χ2n) is 5.58. The normalized spacial score (nSPS) is 10.6. The Morgan fingerprint density at radius 1 is 1.04 bits per heavy atom. The molecule has 0 aliphatic carbocycles. The van der Waals surface area contributed by atoms with Gasteiger partial charge in [0.2, 0.25) is 0 Å². The molecular weight excluding hydrogens is 427 g/mol. The van der Waals surface area contributed by atoms with Crippen molar-refractivity contribution >= 4 is 35.6 Å². The highest BCUT2D eigenvalue weighted by atomic mass is 127. The number of benzene rings is 2. The van der Waals surface area contributed by atoms with Gasteiger partial charge in [-0.15, -0.1) is 24.0 Å². The molecule has 0 saturated carbocycles. The molecule has 5 nitrogen and oxygen atoms in total. The molecule has 0 fully saturated rings. The van der Waals surface area contributed by atoms with Gasteiger partial charge in [-0.25, -0.2) is 0 Å². The van der Waals surface area contributed by atoms with E-state index in [-0.39, 0.29) is 24.0 Å². The van der Waals surface area contributed by atoms with Crippen molar-refractivity contribution in [3.8, 4) is 5.75 Å². The largest absolute Gasteiger partial charge is 0.492 e. The number of nitrogens with zero attached hydrogens (tertiary/aromatic N) is 2. The van der Waals surface area contributed by atoms with Crippen LogP contribution >= 0.6 is 24.0 Å². The summed E-state index contributed by atoms with van der Waals surface area (Å²) in [6.45, 7) is 1.99. The summed E-state index contributed by atoms with van der Waals surface area (Å²) >= 11 is 0. The summed E-state index contributed by atoms with van der Waals surface area (Å²) in [5.41, 5.74) is 2.40. The SMILES string of the molecule is CN=C(NCCOc1ccccc1)NCc1cccc(N(C)C)c1.I. The summed E-state index contributed by atoms with van der Waals surface area (Å²) in [6.07, 6.45) is 0. The third-order valence-corrected chi connectivity index (χ3v) is 3.52. The van der Waals surface area contributed by atoms with E-state index in [2.05, 4.69) is 44.8 Å². The molecule has 0 spiro atoms. The van der Waals surface area contributed by atoms with Crippen molar-refractivity contribution in [2.75, 3.05) is 39.2 Å². The standard InChI is InChI=1S/C19H26N4O.HI/c1-20-19(21-12-13-24-18-10-5-4-6-11-18)22-15-16-8-7-9-17(14-16)23(2)3;/h4-11,14H,12-13,15H2,1-3H3,(H2,20,21,22);1H. The van der Waals surface area contributed by atoms with Gasteiger partial charge < -0.3 is 20.3 Å². The van der Waals surface area contributed by atoms with Crippen LogP contribution in [0.1, 0.15) is 5.56 Å². The number of anilines is 1. The van der Waals surface area contributed by atoms with Gasteiger partial charge in [0.1, 0.15) is 12.4 Å². The summed E-state index contributed by atoms with van der Waals surface area (Å²) in [6, 6.07) is 18.2. The van der Waals surface area contributed by atoms with Crippen molar-refractivity contribution in [2.24, 2.45) is 4.99 Å². The van der Waals surface area contributed by atoms with Crippen LogP contribution in [0.25, 0.3) is 0 Å². The van der Waals surface area contributed by atoms with Crippen LogP contribution in [0.4, 0.5) is 5.69 Å². The van der Waals surface area contributed by atoms with E-state index in [4.69, 9.17) is 4.74 Å². The summed E-state index contributed by atoms with van der Waals surface area (Å²) in [4.78, 5) is 6.33. The van der Waals surface area contributed by atoms with Gasteiger partial charge >= 0.3 is 0 Å². The minimum atomic E-state index is 0. The molecule has 0 aliphatic rings. The monoisotopic (exact) mass is 454 g/mol. The first-order valence-corrected chi connectivity index (χ1v) is 8.07. The molecule has 2 rings (SSSR count). The predicted molar refractivity (Wildman–Crippen MR) is 116 cm³/mol. The van der Waals surface area contributed by atoms with Gasteiger partial charge in [-0.3, -0.25) is 4.99 Å². The van der Waals surface area contributed by atoms with Gasteiger partial charge in [0.25, 0.3) is 0 Å². The van der Waals surface area contributed by atoms with Gasteiger partial charge in [0.15, 0.2) is 5.96 Å². The Bertz CT molecular complexity index is 647. The number of halogens is 1. The van der Waals surface area contributed by atoms with Crippen LogP contribution in [0.5, 0.6) is 5.75 Å². The van der Waals surface area contributed by atoms with Crippen molar-refractivity contribution in [3.05, 3.63) is 60.2 Å². The number of hydrogen-bond acceptors (Lipinski definition) is 3. The summed E-state index contributed by atoms with van der Waals surface area (Å²) in [7, 11) is 5.85. The molecular formula is C19H27IN4O. The van der Waals surface area contributed by atoms with Crippen molar-refractivity contribution in [3.63, 3.8) is 0 Å². The number of hydrogen-bond donors (Lipinski definition) is 2. The molecule has 0 atom stereocenters. The highest BCUT2D eigenvalue weighted by Gasteiger charge is 2.01. The number of rotatable bonds is 7. The second-order valence-corrected chi connectivity index (χ2v) is 5.58. The molecule has 0 amide bonds. The molecule has 2 aromatic rings. The fourth-order valence-corrected chi connectivity index (χ4v) is 2.21. The summed E-state index contributed by atoms with van der Waals surface area (Å²) in [5.74, 6) is 1.64. The number of para-hydroxylation sites is 1. The maximum Gasteiger partial charge on any atom is 0.191 e. The van der Waals surface area contributed by atoms with Crippen molar-refractivity contribution < 1.29 is 4.74 Å². The van der Waals surface area contributed by atoms with Crippen LogP contribution in [-0.4, -0.2) is 40.3 Å². The van der Waals surface area contributed by atoms with Gasteiger partial charge in [0, 0.05) is 33.4 Å². The van der Waals surface area contributed by atoms with E-state index in [1.165, 1.54) is 11.3 Å². The van der Waals surface area contributed by atoms with E-state index < -0.39 is 0 Å². The maximum atomic E-state index is 5.65. The quantitative estimate of drug-likeness (QED) is 0.292. The van der Waals surface area contributed by atoms with Crippen molar-refractivity contribution in [1.82, 2.24) is 10.6 Å². The van der Waals surface area contributed by atoms with Crippen LogP contribution in [0.15, 0.2) is 59.6 Å². The van der Waals surface area contributed by atoms with Crippen LogP contribution < -0.4 is 20.3 Å². The Kier molecular flexibility index (Phi) is 9.76. The highest BCUT2D eigenvalue weighted by molar-refractivity contribution is 14.0. The van der Waals surface area contributed by atoms with Gasteiger partial charge in [0.05, 0.1) is 6.54 Å². The van der Waals surface area contributed by atoms with Gasteiger partial charge in [-0.2, -0.15) is 0 Å². The van der Waals surface area contributed by atoms with E-state index in [1.807, 2.05) is 44.4 Å². The highest BCUT2D eigenvalue weighted by Crippen LogP contribution is 2.13. The lowest BCUT2D eigenvalue weighted by molar-refractivity contribution is 0.322. The summed E-state index contributed by atoms with van der Waals surface area (Å²) < 4.78 is 5.65. The zero-order chi connectivity index (χ0) is 17.2. The molecule has 0 aliphatic heterocycles. The van der Waals surface area contributed by atoms with E-state index in [0.29, 0.717) is 13.2 Å². The second kappa shape index (κ2) is 11.6. The number of aliphatic imine (C=N–C) groups is 1. The summed E-state index contributed by atoms with van der Waals surface area (Å²) in [5, 5.41) is 6.57. The molecule has 0 bridgehead atoms. The van der Waals surface area contributed by atoms with E-state index in [9.17, 15) is 0 Å². The zero-order valence-corrected chi connectivity index (χ0v) is 17.4. The molecule has 0 radical (unpaired) electrons. The minimum absolute atomic E-state index is 0. The van der Waals surface area contributed by atoms with Crippen LogP contribution in [0.2, 0.25) is 0 Å². The lowest BCUT2D eigenvalue weighted by Crippen LogP contribution is -2.38. The Morgan fingerprint density at radius 2 is 1.80 bits per heavy atom. The molecule has 6 heteroatoms. The third kappa shape index (κ3) is 7.64. The maximum absolute atomic E-state index is 5.65. The lowest BCUT2D eigenvalue weighted by Gasteiger charge is -2.15.